The second-order valence-corrected chi connectivity index (χ2v) is 4.40. The molecule has 1 aromatic carbocycles. The number of nitrogens with zero attached hydrogens (tertiary/aromatic N) is 2. The van der Waals surface area contributed by atoms with Gasteiger partial charge in [0.05, 0.1) is 7.11 Å². The Kier molecular flexibility index (Phi) is 4.92. The van der Waals surface area contributed by atoms with Crippen LogP contribution in [0.1, 0.15) is 13.0 Å². The average molecular weight is 311 g/mol. The summed E-state index contributed by atoms with van der Waals surface area (Å²) in [4.78, 5) is 12.1. The van der Waals surface area contributed by atoms with Gasteiger partial charge in [0.25, 0.3) is 0 Å². The smallest absolute Gasteiger partial charge is 0.387 e. The van der Waals surface area contributed by atoms with Crippen LogP contribution < -0.4 is 14.8 Å². The molecule has 2 aromatic rings. The molecule has 6 nitrogen and oxygen atoms in total. The normalized spacial score (nSPS) is 12.0. The van der Waals surface area contributed by atoms with Crippen LogP contribution in [0.2, 0.25) is 0 Å². The molecule has 0 fully saturated rings. The lowest BCUT2D eigenvalue weighted by Gasteiger charge is -2.15. The van der Waals surface area contributed by atoms with E-state index in [1.54, 1.807) is 25.4 Å². The van der Waals surface area contributed by atoms with Crippen LogP contribution in [0.5, 0.6) is 11.5 Å². The van der Waals surface area contributed by atoms with Crippen molar-refractivity contribution in [2.75, 3.05) is 12.4 Å². The molecule has 1 atom stereocenters. The fraction of sp³-hybridized carbons (Fsp3) is 0.286. The van der Waals surface area contributed by atoms with E-state index in [1.165, 1.54) is 30.0 Å². The second kappa shape index (κ2) is 6.88. The summed E-state index contributed by atoms with van der Waals surface area (Å²) in [7, 11) is 1.34. The van der Waals surface area contributed by atoms with Crippen LogP contribution in [0, 0.1) is 0 Å². The zero-order chi connectivity index (χ0) is 16.1. The number of anilines is 1. The highest BCUT2D eigenvalue weighted by Gasteiger charge is 2.17. The fourth-order valence-electron chi connectivity index (χ4n) is 1.82. The minimum Gasteiger partial charge on any atom is -0.493 e. The summed E-state index contributed by atoms with van der Waals surface area (Å²) >= 11 is 0. The van der Waals surface area contributed by atoms with Crippen molar-refractivity contribution in [1.29, 1.82) is 0 Å². The molecule has 0 aliphatic rings. The van der Waals surface area contributed by atoms with Gasteiger partial charge in [-0.2, -0.15) is 13.9 Å². The number of benzene rings is 1. The van der Waals surface area contributed by atoms with Gasteiger partial charge >= 0.3 is 6.61 Å². The quantitative estimate of drug-likeness (QED) is 0.891. The highest BCUT2D eigenvalue weighted by molar-refractivity contribution is 5.93. The molecule has 0 aliphatic heterocycles. The van der Waals surface area contributed by atoms with Crippen molar-refractivity contribution in [1.82, 2.24) is 9.78 Å². The summed E-state index contributed by atoms with van der Waals surface area (Å²) in [6.45, 7) is -1.31. The number of hydrogen-bond donors (Lipinski definition) is 1. The van der Waals surface area contributed by atoms with Gasteiger partial charge in [0.15, 0.2) is 11.5 Å². The summed E-state index contributed by atoms with van der Waals surface area (Å²) < 4.78 is 35.5. The van der Waals surface area contributed by atoms with Crippen LogP contribution in [0.25, 0.3) is 0 Å². The van der Waals surface area contributed by atoms with Crippen LogP contribution in [0.15, 0.2) is 36.7 Å². The predicted molar refractivity (Wildman–Crippen MR) is 75.2 cm³/mol. The fourth-order valence-corrected chi connectivity index (χ4v) is 1.82. The molecule has 118 valence electrons. The largest absolute Gasteiger partial charge is 0.493 e. The number of ether oxygens (including phenoxy) is 2. The number of nitrogens with one attached hydrogen (secondary N) is 1. The Morgan fingerprint density at radius 3 is 2.73 bits per heavy atom. The third-order valence-electron chi connectivity index (χ3n) is 2.95. The molecule has 0 saturated heterocycles. The van der Waals surface area contributed by atoms with Gasteiger partial charge in [0.2, 0.25) is 5.91 Å². The standard InChI is InChI=1S/C14H15F2N3O3/c1-9(19-7-3-6-17-19)13(20)18-10-4-5-11(21-2)12(8-10)22-14(15)16/h3-9,14H,1-2H3,(H,18,20). The molecule has 1 amide bonds. The molecule has 8 heteroatoms. The third kappa shape index (κ3) is 3.72. The Morgan fingerprint density at radius 1 is 1.36 bits per heavy atom. The molecule has 0 aliphatic carbocycles. The van der Waals surface area contributed by atoms with Crippen LogP contribution in [-0.2, 0) is 4.79 Å². The first-order chi connectivity index (χ1) is 10.5. The molecule has 1 unspecified atom stereocenters. The lowest BCUT2D eigenvalue weighted by atomic mass is 10.2. The number of carbonyl (C=O) groups excluding carboxylic acids is 1. The lowest BCUT2D eigenvalue weighted by molar-refractivity contribution is -0.119. The topological polar surface area (TPSA) is 65.4 Å². The predicted octanol–water partition coefficient (Wildman–Crippen LogP) is 2.69. The Morgan fingerprint density at radius 2 is 2.14 bits per heavy atom. The van der Waals surface area contributed by atoms with Crippen LogP contribution >= 0.6 is 0 Å². The van der Waals surface area contributed by atoms with Crippen LogP contribution in [0.4, 0.5) is 14.5 Å². The van der Waals surface area contributed by atoms with Crippen molar-refractivity contribution >= 4 is 11.6 Å². The number of amides is 1. The van der Waals surface area contributed by atoms with Gasteiger partial charge in [-0.05, 0) is 25.1 Å². The molecule has 0 saturated carbocycles. The highest BCUT2D eigenvalue weighted by atomic mass is 19.3. The number of alkyl halides is 2. The first kappa shape index (κ1) is 15.7. The number of carbonyl (C=O) groups is 1. The van der Waals surface area contributed by atoms with Crippen LogP contribution in [0.3, 0.4) is 0 Å². The maximum Gasteiger partial charge on any atom is 0.387 e. The minimum atomic E-state index is -2.98. The number of hydrogen-bond acceptors (Lipinski definition) is 4. The van der Waals surface area contributed by atoms with E-state index in [0.717, 1.165) is 0 Å². The van der Waals surface area contributed by atoms with Gasteiger partial charge in [0.1, 0.15) is 6.04 Å². The Labute approximate surface area is 125 Å². The SMILES string of the molecule is COc1ccc(NC(=O)C(C)n2cccn2)cc1OC(F)F. The van der Waals surface area contributed by atoms with Gasteiger partial charge in [0, 0.05) is 24.1 Å². The van der Waals surface area contributed by atoms with E-state index in [4.69, 9.17) is 4.74 Å². The first-order valence-electron chi connectivity index (χ1n) is 6.44. The average Bonchev–Trinajstić information content (AvgIpc) is 3.00. The summed E-state index contributed by atoms with van der Waals surface area (Å²) in [5.74, 6) is -0.336. The van der Waals surface area contributed by atoms with Crippen molar-refractivity contribution in [3.63, 3.8) is 0 Å². The van der Waals surface area contributed by atoms with Crippen molar-refractivity contribution in [2.24, 2.45) is 0 Å². The van der Waals surface area contributed by atoms with E-state index < -0.39 is 12.7 Å². The molecule has 2 rings (SSSR count). The molecule has 0 bridgehead atoms. The van der Waals surface area contributed by atoms with Gasteiger partial charge in [-0.15, -0.1) is 0 Å². The van der Waals surface area contributed by atoms with Crippen molar-refractivity contribution in [3.05, 3.63) is 36.7 Å². The van der Waals surface area contributed by atoms with Crippen molar-refractivity contribution in [2.45, 2.75) is 19.6 Å². The maximum absolute atomic E-state index is 12.4. The monoisotopic (exact) mass is 311 g/mol. The number of aromatic nitrogens is 2. The van der Waals surface area contributed by atoms with E-state index >= 15 is 0 Å². The zero-order valence-corrected chi connectivity index (χ0v) is 12.0. The van der Waals surface area contributed by atoms with Gasteiger partial charge in [-0.1, -0.05) is 0 Å². The highest BCUT2D eigenvalue weighted by Crippen LogP contribution is 2.31. The lowest BCUT2D eigenvalue weighted by Crippen LogP contribution is -2.24. The van der Waals surface area contributed by atoms with Gasteiger partial charge in [-0.3, -0.25) is 9.48 Å². The Balaban J connectivity index is 2.13. The molecule has 0 radical (unpaired) electrons. The summed E-state index contributed by atoms with van der Waals surface area (Å²) in [6, 6.07) is 5.40. The summed E-state index contributed by atoms with van der Waals surface area (Å²) in [5.41, 5.74) is 0.320. The first-order valence-corrected chi connectivity index (χ1v) is 6.44. The molecule has 1 heterocycles. The van der Waals surface area contributed by atoms with E-state index in [1.807, 2.05) is 0 Å². The Bertz CT molecular complexity index is 632. The maximum atomic E-state index is 12.4. The summed E-state index contributed by atoms with van der Waals surface area (Å²) in [6.07, 6.45) is 3.22. The molecule has 22 heavy (non-hydrogen) atoms. The molecule has 1 N–H and O–H groups in total. The van der Waals surface area contributed by atoms with Gasteiger partial charge < -0.3 is 14.8 Å². The molecule has 1 aromatic heterocycles. The third-order valence-corrected chi connectivity index (χ3v) is 2.95. The van der Waals surface area contributed by atoms with Gasteiger partial charge in [-0.25, -0.2) is 0 Å². The number of halogens is 2. The van der Waals surface area contributed by atoms with Crippen molar-refractivity contribution < 1.29 is 23.0 Å². The van der Waals surface area contributed by atoms with E-state index in [-0.39, 0.29) is 17.4 Å². The van der Waals surface area contributed by atoms with E-state index in [9.17, 15) is 13.6 Å². The molecule has 0 spiro atoms. The van der Waals surface area contributed by atoms with Crippen molar-refractivity contribution in [3.8, 4) is 11.5 Å². The molecular formula is C14H15F2N3O3. The Hall–Kier alpha value is -2.64. The van der Waals surface area contributed by atoms with E-state index in [0.29, 0.717) is 5.69 Å². The number of rotatable bonds is 6. The van der Waals surface area contributed by atoms with Crippen LogP contribution in [-0.4, -0.2) is 29.4 Å². The molecular weight excluding hydrogens is 296 g/mol. The number of methoxy groups -OCH3 is 1. The zero-order valence-electron chi connectivity index (χ0n) is 12.0. The minimum absolute atomic E-state index is 0.151. The summed E-state index contributed by atoms with van der Waals surface area (Å²) in [5, 5.41) is 6.59. The van der Waals surface area contributed by atoms with E-state index in [2.05, 4.69) is 15.2 Å². The second-order valence-electron chi connectivity index (χ2n) is 4.40.